The number of benzene rings is 4. The van der Waals surface area contributed by atoms with Crippen LogP contribution < -0.4 is 0 Å². The monoisotopic (exact) mass is 1100 g/mol. The second-order valence-electron chi connectivity index (χ2n) is 23.1. The zero-order valence-corrected chi connectivity index (χ0v) is 48.6. The number of hydrogen-bond acceptors (Lipinski definition) is 12. The fourth-order valence-corrected chi connectivity index (χ4v) is 11.1. The molecule has 12 heteroatoms. The van der Waals surface area contributed by atoms with Crippen LogP contribution in [0.15, 0.2) is 24.3 Å². The molecular formula is C68H88O12. The maximum absolute atomic E-state index is 12.8. The average molecular weight is 1100 g/mol. The van der Waals surface area contributed by atoms with Crippen LogP contribution in [-0.4, -0.2) is 67.3 Å². The Morgan fingerprint density at radius 1 is 0.325 bits per heavy atom. The lowest BCUT2D eigenvalue weighted by Gasteiger charge is -2.33. The summed E-state index contributed by atoms with van der Waals surface area (Å²) >= 11 is 0. The minimum atomic E-state index is -0.830. The first kappa shape index (κ1) is 64.2. The molecule has 0 fully saturated rings. The van der Waals surface area contributed by atoms with Crippen LogP contribution in [0.4, 0.5) is 0 Å². The highest BCUT2D eigenvalue weighted by atomic mass is 16.5. The van der Waals surface area contributed by atoms with Crippen molar-refractivity contribution in [2.45, 2.75) is 183 Å². The molecule has 0 atom stereocenters. The lowest BCUT2D eigenvalue weighted by Crippen LogP contribution is -2.16. The highest BCUT2D eigenvalue weighted by Gasteiger charge is 2.38. The summed E-state index contributed by atoms with van der Waals surface area (Å²) in [5.74, 6) is 4.79. The number of phenolic OH excluding ortho intramolecular Hbond substituents is 8. The Bertz CT molecular complexity index is 2380. The molecule has 1 aliphatic rings. The Hall–Kier alpha value is -6.64. The van der Waals surface area contributed by atoms with Gasteiger partial charge in [-0.2, -0.15) is 0 Å². The molecule has 8 N–H and O–H groups in total. The molecule has 0 amide bonds. The third-order valence-electron chi connectivity index (χ3n) is 15.0. The SMILES string of the molecule is C#CCCCOCc1c(O)c2cc(c1O)C(CC(C)C)c1cc(c(O)c(COCCCC#C)c1O)C(CC(C)C)c1cc(c(O)c(COCCCC#C)c1O)C(CC(C)C)c1cc(c(O)c(COCCCC#C)c1O)C2CC(C)C. The van der Waals surface area contributed by atoms with Crippen LogP contribution in [0.2, 0.25) is 0 Å². The highest BCUT2D eigenvalue weighted by molar-refractivity contribution is 5.67. The van der Waals surface area contributed by atoms with Gasteiger partial charge >= 0.3 is 0 Å². The van der Waals surface area contributed by atoms with Crippen molar-refractivity contribution in [1.29, 1.82) is 0 Å². The second kappa shape index (κ2) is 30.8. The van der Waals surface area contributed by atoms with E-state index in [0.29, 0.717) is 122 Å². The number of aromatic hydroxyl groups is 8. The topological polar surface area (TPSA) is 199 Å². The Morgan fingerprint density at radius 3 is 0.625 bits per heavy atom. The first-order chi connectivity index (χ1) is 38.2. The normalized spacial score (nSPS) is 16.0. The molecular weight excluding hydrogens is 1010 g/mol. The number of terminal acetylenes is 4. The Labute approximate surface area is 476 Å². The average Bonchev–Trinajstić information content (AvgIpc) is 3.39. The Kier molecular flexibility index (Phi) is 24.7. The van der Waals surface area contributed by atoms with Crippen molar-refractivity contribution in [2.24, 2.45) is 23.7 Å². The summed E-state index contributed by atoms with van der Waals surface area (Å²) in [5.41, 5.74) is 3.08. The van der Waals surface area contributed by atoms with Crippen molar-refractivity contribution >= 4 is 0 Å². The van der Waals surface area contributed by atoms with Crippen LogP contribution in [0.5, 0.6) is 46.0 Å². The quantitative estimate of drug-likeness (QED) is 0.0198. The zero-order chi connectivity index (χ0) is 58.8. The fraction of sp³-hybridized carbons (Fsp3) is 0.529. The van der Waals surface area contributed by atoms with E-state index in [2.05, 4.69) is 23.7 Å². The minimum absolute atomic E-state index is 0.0690. The summed E-state index contributed by atoms with van der Waals surface area (Å²) in [6.45, 7) is 16.2. The van der Waals surface area contributed by atoms with Gasteiger partial charge in [0.15, 0.2) is 0 Å². The molecule has 0 saturated carbocycles. The van der Waals surface area contributed by atoms with E-state index in [9.17, 15) is 40.9 Å². The van der Waals surface area contributed by atoms with Crippen LogP contribution in [0.3, 0.4) is 0 Å². The van der Waals surface area contributed by atoms with Gasteiger partial charge in [-0.05, 0) is 99.3 Å². The summed E-state index contributed by atoms with van der Waals surface area (Å²) < 4.78 is 24.7. The van der Waals surface area contributed by atoms with Crippen LogP contribution in [0, 0.1) is 73.0 Å². The summed E-state index contributed by atoms with van der Waals surface area (Å²) in [6, 6.07) is 6.98. The van der Waals surface area contributed by atoms with E-state index in [1.54, 1.807) is 24.3 Å². The van der Waals surface area contributed by atoms with Crippen LogP contribution in [0.1, 0.15) is 223 Å². The molecule has 0 aromatic heterocycles. The zero-order valence-electron chi connectivity index (χ0n) is 48.6. The number of phenols is 8. The Morgan fingerprint density at radius 2 is 0.487 bits per heavy atom. The van der Waals surface area contributed by atoms with Crippen molar-refractivity contribution in [3.8, 4) is 95.4 Å². The van der Waals surface area contributed by atoms with Gasteiger partial charge in [0.25, 0.3) is 0 Å². The largest absolute Gasteiger partial charge is 0.507 e. The second-order valence-corrected chi connectivity index (χ2v) is 23.1. The molecule has 0 saturated heterocycles. The van der Waals surface area contributed by atoms with Crippen molar-refractivity contribution in [3.63, 3.8) is 0 Å². The van der Waals surface area contributed by atoms with Crippen molar-refractivity contribution in [1.82, 2.24) is 0 Å². The smallest absolute Gasteiger partial charge is 0.128 e. The molecule has 0 spiro atoms. The van der Waals surface area contributed by atoms with E-state index < -0.39 is 23.7 Å². The maximum Gasteiger partial charge on any atom is 0.128 e. The first-order valence-electron chi connectivity index (χ1n) is 28.6. The third kappa shape index (κ3) is 15.8. The van der Waals surface area contributed by atoms with E-state index >= 15 is 0 Å². The van der Waals surface area contributed by atoms with Gasteiger partial charge in [-0.15, -0.1) is 49.4 Å². The molecule has 4 aromatic rings. The lowest BCUT2D eigenvalue weighted by molar-refractivity contribution is 0.115. The van der Waals surface area contributed by atoms with Gasteiger partial charge in [0.1, 0.15) is 46.0 Å². The van der Waals surface area contributed by atoms with Gasteiger partial charge in [0.05, 0.1) is 48.7 Å². The molecule has 432 valence electrons. The fourth-order valence-electron chi connectivity index (χ4n) is 11.1. The summed E-state index contributed by atoms with van der Waals surface area (Å²) in [5, 5.41) is 103. The molecule has 5 rings (SSSR count). The molecule has 1 aliphatic carbocycles. The summed E-state index contributed by atoms with van der Waals surface area (Å²) in [6.07, 6.45) is 27.6. The number of ether oxygens (including phenoxy) is 4. The minimum Gasteiger partial charge on any atom is -0.507 e. The lowest BCUT2D eigenvalue weighted by atomic mass is 9.73. The van der Waals surface area contributed by atoms with Gasteiger partial charge < -0.3 is 59.8 Å². The molecule has 12 nitrogen and oxygen atoms in total. The predicted molar refractivity (Wildman–Crippen MR) is 315 cm³/mol. The van der Waals surface area contributed by atoms with Gasteiger partial charge in [-0.25, -0.2) is 0 Å². The summed E-state index contributed by atoms with van der Waals surface area (Å²) in [4.78, 5) is 0. The van der Waals surface area contributed by atoms with E-state index in [4.69, 9.17) is 44.6 Å². The third-order valence-corrected chi connectivity index (χ3v) is 15.0. The van der Waals surface area contributed by atoms with Crippen LogP contribution in [-0.2, 0) is 45.4 Å². The molecule has 4 aromatic carbocycles. The number of hydrogen-bond donors (Lipinski definition) is 8. The van der Waals surface area contributed by atoms with E-state index in [0.717, 1.165) is 0 Å². The van der Waals surface area contributed by atoms with Crippen molar-refractivity contribution in [2.75, 3.05) is 26.4 Å². The molecule has 0 radical (unpaired) electrons. The van der Waals surface area contributed by atoms with Crippen molar-refractivity contribution in [3.05, 3.63) is 91.0 Å². The number of fused-ring (bicyclic) bond motifs is 8. The van der Waals surface area contributed by atoms with Crippen LogP contribution >= 0.6 is 0 Å². The molecule has 0 unspecified atom stereocenters. The van der Waals surface area contributed by atoms with Crippen LogP contribution in [0.25, 0.3) is 0 Å². The summed E-state index contributed by atoms with van der Waals surface area (Å²) in [7, 11) is 0. The highest BCUT2D eigenvalue weighted by Crippen LogP contribution is 2.56. The van der Waals surface area contributed by atoms with Crippen molar-refractivity contribution < 1.29 is 59.8 Å². The maximum atomic E-state index is 12.8. The molecule has 0 heterocycles. The van der Waals surface area contributed by atoms with Gasteiger partial charge in [-0.3, -0.25) is 0 Å². The van der Waals surface area contributed by atoms with Gasteiger partial charge in [0.2, 0.25) is 0 Å². The molecule has 80 heavy (non-hydrogen) atoms. The van der Waals surface area contributed by atoms with Gasteiger partial charge in [0, 0.05) is 120 Å². The molecule has 0 aliphatic heterocycles. The number of unbranched alkanes of at least 4 members (excludes halogenated alkanes) is 4. The predicted octanol–water partition coefficient (Wildman–Crippen LogP) is 14.1. The van der Waals surface area contributed by atoms with E-state index in [1.165, 1.54) is 0 Å². The van der Waals surface area contributed by atoms with E-state index in [-0.39, 0.29) is 145 Å². The standard InChI is InChI=1S/C68H88O12/c1-13-17-21-25-77-37-57-61(69)49-33-50(62(57)70)46(30-42(7)8)52-35-54(66(74)59(64(52)72)39-79-27-23-19-15-3)48(32-44(11)12)56-36-55(67(75)60(68(56)76)40-80-28-24-20-16-4)47(31-43(9)10)53-34-51(45(49)29-41(5)6)63(71)58(65(53)73)38-78-26-22-18-14-2/h1-4,33-36,41-48,69-76H,17-32,37-40H2,5-12H3. The van der Waals surface area contributed by atoms with Gasteiger partial charge in [-0.1, -0.05) is 55.4 Å². The molecule has 8 bridgehead atoms. The van der Waals surface area contributed by atoms with E-state index in [1.807, 2.05) is 55.4 Å². The first-order valence-corrected chi connectivity index (χ1v) is 28.6. The Balaban J connectivity index is 2.12. The number of rotatable bonds is 28.